The van der Waals surface area contributed by atoms with Crippen molar-refractivity contribution in [2.24, 2.45) is 0 Å². The summed E-state index contributed by atoms with van der Waals surface area (Å²) in [7, 11) is 0. The van der Waals surface area contributed by atoms with Gasteiger partial charge in [-0.3, -0.25) is 15.1 Å². The van der Waals surface area contributed by atoms with Crippen LogP contribution in [0.4, 0.5) is 0 Å². The van der Waals surface area contributed by atoms with Crippen LogP contribution in [0.3, 0.4) is 0 Å². The van der Waals surface area contributed by atoms with Crippen molar-refractivity contribution in [2.45, 2.75) is 6.61 Å². The van der Waals surface area contributed by atoms with Crippen LogP contribution in [0.2, 0.25) is 0 Å². The second-order valence-electron chi connectivity index (χ2n) is 8.50. The molecule has 0 unspecified atom stereocenters. The van der Waals surface area contributed by atoms with Crippen molar-refractivity contribution >= 4 is 33.4 Å². The number of imidazole rings is 1. The van der Waals surface area contributed by atoms with Crippen LogP contribution in [0.5, 0.6) is 5.75 Å². The van der Waals surface area contributed by atoms with Gasteiger partial charge in [-0.15, -0.1) is 0 Å². The third kappa shape index (κ3) is 4.01. The third-order valence-corrected chi connectivity index (χ3v) is 6.77. The van der Waals surface area contributed by atoms with E-state index >= 15 is 0 Å². The molecule has 0 amide bonds. The molecule has 7 aromatic rings. The number of hydrogen-bond donors (Lipinski definition) is 2. The zero-order chi connectivity index (χ0) is 24.6. The van der Waals surface area contributed by atoms with Gasteiger partial charge in [0.05, 0.1) is 28.6 Å². The molecule has 0 atom stereocenters. The van der Waals surface area contributed by atoms with E-state index < -0.39 is 0 Å². The Kier molecular flexibility index (Phi) is 5.18. The molecule has 0 aliphatic rings. The predicted molar refractivity (Wildman–Crippen MR) is 144 cm³/mol. The Bertz CT molecular complexity index is 1840. The molecule has 0 saturated carbocycles. The fourth-order valence-corrected chi connectivity index (χ4v) is 4.90. The van der Waals surface area contributed by atoms with Gasteiger partial charge >= 0.3 is 0 Å². The standard InChI is InChI=1S/C28H19N7OS/c1-2-4-17(5-3-1)15-36-20-12-19(13-29-14-20)21-6-7-23-26(31-21)27(35-34-23)28-32-22-8-10-30-24(25(22)33-28)18-9-11-37-16-18/h1-14,16H,15H2,(H,32,33)(H,34,35). The summed E-state index contributed by atoms with van der Waals surface area (Å²) < 4.78 is 5.97. The summed E-state index contributed by atoms with van der Waals surface area (Å²) in [5.41, 5.74) is 8.49. The summed E-state index contributed by atoms with van der Waals surface area (Å²) in [4.78, 5) is 22.1. The first-order valence-corrected chi connectivity index (χ1v) is 12.6. The van der Waals surface area contributed by atoms with E-state index in [0.717, 1.165) is 50.1 Å². The van der Waals surface area contributed by atoms with Crippen molar-refractivity contribution in [1.82, 2.24) is 35.1 Å². The van der Waals surface area contributed by atoms with Crippen LogP contribution in [0, 0.1) is 0 Å². The van der Waals surface area contributed by atoms with Gasteiger partial charge in [-0.1, -0.05) is 30.3 Å². The number of ether oxygens (including phenoxy) is 1. The minimum atomic E-state index is 0.471. The quantitative estimate of drug-likeness (QED) is 0.278. The van der Waals surface area contributed by atoms with E-state index in [-0.39, 0.29) is 0 Å². The van der Waals surface area contributed by atoms with Gasteiger partial charge in [-0.25, -0.2) is 9.97 Å². The number of pyridine rings is 3. The van der Waals surface area contributed by atoms with Crippen molar-refractivity contribution in [3.63, 3.8) is 0 Å². The van der Waals surface area contributed by atoms with Crippen LogP contribution >= 0.6 is 11.3 Å². The topological polar surface area (TPSA) is 105 Å². The molecule has 0 fully saturated rings. The molecule has 0 radical (unpaired) electrons. The summed E-state index contributed by atoms with van der Waals surface area (Å²) in [6.07, 6.45) is 5.28. The summed E-state index contributed by atoms with van der Waals surface area (Å²) >= 11 is 1.63. The second-order valence-corrected chi connectivity index (χ2v) is 9.28. The molecule has 0 spiro atoms. The Hall–Kier alpha value is -4.89. The number of fused-ring (bicyclic) bond motifs is 2. The minimum absolute atomic E-state index is 0.471. The number of H-pyrrole nitrogens is 2. The molecule has 2 N–H and O–H groups in total. The van der Waals surface area contributed by atoms with Crippen molar-refractivity contribution in [2.75, 3.05) is 0 Å². The first-order valence-electron chi connectivity index (χ1n) is 11.7. The van der Waals surface area contributed by atoms with E-state index in [1.165, 1.54) is 0 Å². The molecule has 6 aromatic heterocycles. The third-order valence-electron chi connectivity index (χ3n) is 6.08. The molecular formula is C28H19N7OS. The Morgan fingerprint density at radius 2 is 1.76 bits per heavy atom. The van der Waals surface area contributed by atoms with E-state index in [9.17, 15) is 0 Å². The van der Waals surface area contributed by atoms with Gasteiger partial charge in [0.15, 0.2) is 11.5 Å². The van der Waals surface area contributed by atoms with Gasteiger partial charge < -0.3 is 9.72 Å². The second kappa shape index (κ2) is 8.96. The first kappa shape index (κ1) is 21.4. The number of nitrogens with zero attached hydrogens (tertiary/aromatic N) is 5. The molecule has 37 heavy (non-hydrogen) atoms. The van der Waals surface area contributed by atoms with Crippen LogP contribution in [-0.4, -0.2) is 35.1 Å². The fourth-order valence-electron chi connectivity index (χ4n) is 4.26. The molecule has 0 aliphatic heterocycles. The lowest BCUT2D eigenvalue weighted by Crippen LogP contribution is -1.96. The molecular weight excluding hydrogens is 482 g/mol. The highest BCUT2D eigenvalue weighted by Crippen LogP contribution is 2.31. The zero-order valence-corrected chi connectivity index (χ0v) is 20.2. The molecule has 0 saturated heterocycles. The largest absolute Gasteiger partial charge is 0.487 e. The average Bonchev–Trinajstić information content (AvgIpc) is 3.71. The zero-order valence-electron chi connectivity index (χ0n) is 19.4. The minimum Gasteiger partial charge on any atom is -0.487 e. The predicted octanol–water partition coefficient (Wildman–Crippen LogP) is 6.27. The molecule has 6 heterocycles. The van der Waals surface area contributed by atoms with E-state index in [1.54, 1.807) is 29.9 Å². The maximum absolute atomic E-state index is 5.97. The molecule has 178 valence electrons. The lowest BCUT2D eigenvalue weighted by atomic mass is 10.1. The van der Waals surface area contributed by atoms with Crippen LogP contribution in [0.15, 0.2) is 90.0 Å². The Balaban J connectivity index is 1.24. The molecule has 8 nitrogen and oxygen atoms in total. The number of benzene rings is 1. The number of rotatable bonds is 6. The molecule has 1 aromatic carbocycles. The Morgan fingerprint density at radius 1 is 0.838 bits per heavy atom. The number of thiophene rings is 1. The van der Waals surface area contributed by atoms with E-state index in [4.69, 9.17) is 14.7 Å². The maximum atomic E-state index is 5.97. The van der Waals surface area contributed by atoms with Crippen molar-refractivity contribution in [3.05, 3.63) is 95.6 Å². The maximum Gasteiger partial charge on any atom is 0.161 e. The van der Waals surface area contributed by atoms with Crippen LogP contribution < -0.4 is 4.74 Å². The molecule has 0 aliphatic carbocycles. The number of nitrogens with one attached hydrogen (secondary N) is 2. The average molecular weight is 502 g/mol. The summed E-state index contributed by atoms with van der Waals surface area (Å²) in [5.74, 6) is 1.31. The van der Waals surface area contributed by atoms with Gasteiger partial charge in [-0.2, -0.15) is 16.4 Å². The van der Waals surface area contributed by atoms with Crippen molar-refractivity contribution in [1.29, 1.82) is 0 Å². The summed E-state index contributed by atoms with van der Waals surface area (Å²) in [5, 5.41) is 11.7. The van der Waals surface area contributed by atoms with Crippen molar-refractivity contribution in [3.8, 4) is 39.8 Å². The van der Waals surface area contributed by atoms with Crippen LogP contribution in [0.1, 0.15) is 5.56 Å². The van der Waals surface area contributed by atoms with Crippen molar-refractivity contribution < 1.29 is 4.74 Å². The normalized spacial score (nSPS) is 11.4. The lowest BCUT2D eigenvalue weighted by Gasteiger charge is -2.08. The van der Waals surface area contributed by atoms with E-state index in [1.807, 2.05) is 66.0 Å². The highest BCUT2D eigenvalue weighted by atomic mass is 32.1. The van der Waals surface area contributed by atoms with Crippen LogP contribution in [0.25, 0.3) is 56.1 Å². The highest BCUT2D eigenvalue weighted by molar-refractivity contribution is 7.08. The Morgan fingerprint density at radius 3 is 2.65 bits per heavy atom. The SMILES string of the molecule is c1ccc(COc2cncc(-c3ccc4[nH]nc(-c5nc6c(-c7ccsc7)nccc6[nH]5)c4n3)c2)cc1. The molecule has 7 rings (SSSR count). The smallest absolute Gasteiger partial charge is 0.161 e. The van der Waals surface area contributed by atoms with E-state index in [2.05, 4.69) is 30.5 Å². The molecule has 9 heteroatoms. The van der Waals surface area contributed by atoms with Crippen LogP contribution in [-0.2, 0) is 6.61 Å². The number of aromatic nitrogens is 7. The van der Waals surface area contributed by atoms with Gasteiger partial charge in [0.2, 0.25) is 0 Å². The lowest BCUT2D eigenvalue weighted by molar-refractivity contribution is 0.305. The van der Waals surface area contributed by atoms with Gasteiger partial charge in [-0.05, 0) is 41.3 Å². The fraction of sp³-hybridized carbons (Fsp3) is 0.0357. The summed E-state index contributed by atoms with van der Waals surface area (Å²) in [6, 6.07) is 19.9. The highest BCUT2D eigenvalue weighted by Gasteiger charge is 2.17. The Labute approximate surface area is 215 Å². The number of hydrogen-bond acceptors (Lipinski definition) is 7. The first-order chi connectivity index (χ1) is 18.3. The monoisotopic (exact) mass is 501 g/mol. The van der Waals surface area contributed by atoms with Gasteiger partial charge in [0, 0.05) is 28.9 Å². The van der Waals surface area contributed by atoms with Gasteiger partial charge in [0.25, 0.3) is 0 Å². The van der Waals surface area contributed by atoms with E-state index in [0.29, 0.717) is 23.9 Å². The van der Waals surface area contributed by atoms with Gasteiger partial charge in [0.1, 0.15) is 23.4 Å². The number of aromatic amines is 2. The summed E-state index contributed by atoms with van der Waals surface area (Å²) in [6.45, 7) is 0.471. The molecule has 0 bridgehead atoms.